The molecule has 0 aromatic carbocycles. The van der Waals surface area contributed by atoms with Crippen LogP contribution in [-0.4, -0.2) is 52.9 Å². The zero-order valence-corrected chi connectivity index (χ0v) is 10.9. The van der Waals surface area contributed by atoms with Crippen LogP contribution in [0.4, 0.5) is 4.79 Å². The molecule has 0 heterocycles. The van der Waals surface area contributed by atoms with Crippen molar-refractivity contribution >= 4 is 12.0 Å². The van der Waals surface area contributed by atoms with E-state index in [4.69, 9.17) is 5.11 Å². The topological polar surface area (TPSA) is 89.9 Å². The van der Waals surface area contributed by atoms with Crippen LogP contribution in [0.15, 0.2) is 0 Å². The van der Waals surface area contributed by atoms with Gasteiger partial charge in [-0.15, -0.1) is 0 Å². The van der Waals surface area contributed by atoms with E-state index < -0.39 is 12.1 Å². The number of nitrogens with zero attached hydrogens (tertiary/aromatic N) is 1. The molecule has 1 rings (SSSR count). The van der Waals surface area contributed by atoms with Crippen LogP contribution < -0.4 is 5.32 Å². The molecule has 0 aromatic rings. The molecular formula is C12H22N2O4. The minimum absolute atomic E-state index is 0.0459. The average Bonchev–Trinajstić information content (AvgIpc) is 2.28. The lowest BCUT2D eigenvalue weighted by Gasteiger charge is -2.29. The van der Waals surface area contributed by atoms with Crippen LogP contribution in [0.25, 0.3) is 0 Å². The zero-order valence-electron chi connectivity index (χ0n) is 10.9. The van der Waals surface area contributed by atoms with Crippen molar-refractivity contribution in [2.24, 2.45) is 5.92 Å². The Kier molecular flexibility index (Phi) is 5.40. The summed E-state index contributed by atoms with van der Waals surface area (Å²) in [4.78, 5) is 24.0. The fourth-order valence-corrected chi connectivity index (χ4v) is 2.25. The first-order valence-electron chi connectivity index (χ1n) is 6.32. The van der Waals surface area contributed by atoms with E-state index in [1.54, 1.807) is 14.0 Å². The molecule has 0 saturated heterocycles. The Labute approximate surface area is 107 Å². The molecule has 6 nitrogen and oxygen atoms in total. The van der Waals surface area contributed by atoms with Crippen molar-refractivity contribution in [1.82, 2.24) is 10.2 Å². The highest BCUT2D eigenvalue weighted by Gasteiger charge is 2.27. The summed E-state index contributed by atoms with van der Waals surface area (Å²) >= 11 is 0. The second-order valence-electron chi connectivity index (χ2n) is 5.07. The third-order valence-electron chi connectivity index (χ3n) is 3.29. The van der Waals surface area contributed by atoms with Crippen LogP contribution in [0, 0.1) is 5.92 Å². The normalized spacial score (nSPS) is 25.3. The third kappa shape index (κ3) is 4.52. The predicted octanol–water partition coefficient (Wildman–Crippen LogP) is 0.652. The maximum atomic E-state index is 11.7. The molecule has 0 bridgehead atoms. The lowest BCUT2D eigenvalue weighted by molar-refractivity contribution is -0.142. The van der Waals surface area contributed by atoms with E-state index in [1.807, 2.05) is 0 Å². The minimum atomic E-state index is -0.744. The van der Waals surface area contributed by atoms with E-state index in [-0.39, 0.29) is 24.5 Å². The van der Waals surface area contributed by atoms with Gasteiger partial charge in [0.2, 0.25) is 0 Å². The van der Waals surface area contributed by atoms with Crippen LogP contribution in [0.3, 0.4) is 0 Å². The Balaban J connectivity index is 2.32. The molecule has 0 aliphatic heterocycles. The maximum absolute atomic E-state index is 11.7. The number of hydrogen-bond donors (Lipinski definition) is 3. The van der Waals surface area contributed by atoms with Gasteiger partial charge in [-0.3, -0.25) is 4.79 Å². The highest BCUT2D eigenvalue weighted by Crippen LogP contribution is 2.24. The smallest absolute Gasteiger partial charge is 0.317 e. The van der Waals surface area contributed by atoms with Crippen LogP contribution in [0.5, 0.6) is 0 Å². The largest absolute Gasteiger partial charge is 0.481 e. The molecule has 0 aromatic heterocycles. The van der Waals surface area contributed by atoms with Gasteiger partial charge in [0.1, 0.15) is 0 Å². The van der Waals surface area contributed by atoms with Gasteiger partial charge in [-0.1, -0.05) is 0 Å². The monoisotopic (exact) mass is 258 g/mol. The van der Waals surface area contributed by atoms with Crippen molar-refractivity contribution in [3.63, 3.8) is 0 Å². The zero-order chi connectivity index (χ0) is 13.7. The van der Waals surface area contributed by atoms with E-state index in [9.17, 15) is 14.7 Å². The van der Waals surface area contributed by atoms with E-state index >= 15 is 0 Å². The molecule has 1 aliphatic carbocycles. The van der Waals surface area contributed by atoms with Crippen LogP contribution in [0.2, 0.25) is 0 Å². The van der Waals surface area contributed by atoms with Crippen LogP contribution >= 0.6 is 0 Å². The van der Waals surface area contributed by atoms with E-state index in [2.05, 4.69) is 5.32 Å². The quantitative estimate of drug-likeness (QED) is 0.690. The number of aliphatic hydroxyl groups is 1. The molecule has 0 radical (unpaired) electrons. The van der Waals surface area contributed by atoms with Crippen molar-refractivity contribution in [1.29, 1.82) is 0 Å². The summed E-state index contributed by atoms with van der Waals surface area (Å²) in [5.74, 6) is -1.01. The summed E-state index contributed by atoms with van der Waals surface area (Å²) in [5, 5.41) is 20.9. The van der Waals surface area contributed by atoms with Gasteiger partial charge in [0.15, 0.2) is 0 Å². The number of nitrogens with one attached hydrogen (secondary N) is 1. The number of carboxylic acids is 1. The molecule has 3 N–H and O–H groups in total. The number of carbonyl (C=O) groups is 2. The number of aliphatic carboxylic acids is 1. The average molecular weight is 258 g/mol. The van der Waals surface area contributed by atoms with Crippen molar-refractivity contribution in [3.05, 3.63) is 0 Å². The van der Waals surface area contributed by atoms with Gasteiger partial charge >= 0.3 is 12.0 Å². The fourth-order valence-electron chi connectivity index (χ4n) is 2.25. The third-order valence-corrected chi connectivity index (χ3v) is 3.29. The lowest BCUT2D eigenvalue weighted by Crippen LogP contribution is -2.46. The van der Waals surface area contributed by atoms with Crippen molar-refractivity contribution < 1.29 is 19.8 Å². The number of carbonyl (C=O) groups excluding carboxylic acids is 1. The second-order valence-corrected chi connectivity index (χ2v) is 5.07. The first-order valence-corrected chi connectivity index (χ1v) is 6.32. The summed E-state index contributed by atoms with van der Waals surface area (Å²) in [6.45, 7) is 1.91. The molecule has 0 spiro atoms. The van der Waals surface area contributed by atoms with Gasteiger partial charge in [0, 0.05) is 19.6 Å². The Morgan fingerprint density at radius 3 is 2.33 bits per heavy atom. The van der Waals surface area contributed by atoms with Gasteiger partial charge < -0.3 is 20.4 Å². The van der Waals surface area contributed by atoms with E-state index in [1.165, 1.54) is 4.90 Å². The number of amides is 2. The van der Waals surface area contributed by atoms with Gasteiger partial charge in [0.25, 0.3) is 0 Å². The number of hydrogen-bond acceptors (Lipinski definition) is 3. The van der Waals surface area contributed by atoms with Crippen molar-refractivity contribution in [2.75, 3.05) is 13.6 Å². The molecule has 2 amide bonds. The molecule has 6 heteroatoms. The fraction of sp³-hybridized carbons (Fsp3) is 0.833. The maximum Gasteiger partial charge on any atom is 0.317 e. The van der Waals surface area contributed by atoms with Crippen molar-refractivity contribution in [3.8, 4) is 0 Å². The molecule has 1 saturated carbocycles. The predicted molar refractivity (Wildman–Crippen MR) is 66.2 cm³/mol. The SMILES string of the molecule is CC(O)CN(C)C(=O)NC1CCC(C(=O)O)CC1. The number of aliphatic hydroxyl groups excluding tert-OH is 1. The van der Waals surface area contributed by atoms with Gasteiger partial charge in [-0.2, -0.15) is 0 Å². The van der Waals surface area contributed by atoms with Gasteiger partial charge in [-0.25, -0.2) is 4.79 Å². The first-order chi connectivity index (χ1) is 8.40. The van der Waals surface area contributed by atoms with Gasteiger partial charge in [-0.05, 0) is 32.6 Å². The summed E-state index contributed by atoms with van der Waals surface area (Å²) in [6, 6.07) is -0.167. The van der Waals surface area contributed by atoms with Crippen LogP contribution in [-0.2, 0) is 4.79 Å². The molecule has 1 aliphatic rings. The summed E-state index contributed by atoms with van der Waals surface area (Å²) in [5.41, 5.74) is 0. The molecule has 18 heavy (non-hydrogen) atoms. The van der Waals surface area contributed by atoms with Crippen molar-refractivity contribution in [2.45, 2.75) is 44.8 Å². The molecule has 104 valence electrons. The van der Waals surface area contributed by atoms with Gasteiger partial charge in [0.05, 0.1) is 12.0 Å². The van der Waals surface area contributed by atoms with E-state index in [0.717, 1.165) is 0 Å². The number of urea groups is 1. The Hall–Kier alpha value is -1.30. The molecular weight excluding hydrogens is 236 g/mol. The minimum Gasteiger partial charge on any atom is -0.481 e. The Morgan fingerprint density at radius 2 is 1.89 bits per heavy atom. The second kappa shape index (κ2) is 6.58. The summed E-state index contributed by atoms with van der Waals surface area (Å²) < 4.78 is 0. The lowest BCUT2D eigenvalue weighted by atomic mass is 9.86. The Bertz CT molecular complexity index is 298. The number of carboxylic acid groups (broad SMARTS) is 1. The highest BCUT2D eigenvalue weighted by molar-refractivity contribution is 5.74. The number of likely N-dealkylation sites (N-methyl/N-ethyl adjacent to an activating group) is 1. The Morgan fingerprint density at radius 1 is 1.33 bits per heavy atom. The summed E-state index contributed by atoms with van der Waals surface area (Å²) in [7, 11) is 1.63. The standard InChI is InChI=1S/C12H22N2O4/c1-8(15)7-14(2)12(18)13-10-5-3-9(4-6-10)11(16)17/h8-10,15H,3-7H2,1-2H3,(H,13,18)(H,16,17). The summed E-state index contributed by atoms with van der Waals surface area (Å²) in [6.07, 6.45) is 2.07. The first kappa shape index (κ1) is 14.8. The van der Waals surface area contributed by atoms with E-state index in [0.29, 0.717) is 25.7 Å². The van der Waals surface area contributed by atoms with Crippen LogP contribution in [0.1, 0.15) is 32.6 Å². The highest BCUT2D eigenvalue weighted by atomic mass is 16.4. The molecule has 1 atom stereocenters. The molecule has 1 fully saturated rings. The number of rotatable bonds is 4. The molecule has 1 unspecified atom stereocenters.